The molecule has 0 saturated heterocycles. The lowest BCUT2D eigenvalue weighted by Gasteiger charge is -2.05. The molecule has 60 valence electrons. The highest BCUT2D eigenvalue weighted by Gasteiger charge is 1.96. The first-order chi connectivity index (χ1) is 5.24. The first kappa shape index (κ1) is 8.37. The second kappa shape index (κ2) is 3.60. The molecule has 0 aliphatic carbocycles. The molecule has 1 aromatic rings. The summed E-state index contributed by atoms with van der Waals surface area (Å²) < 4.78 is 0. The average molecular weight is 172 g/mol. The molecule has 3 heteroatoms. The van der Waals surface area contributed by atoms with Crippen molar-refractivity contribution >= 4 is 17.3 Å². The molecule has 0 heterocycles. The Hall–Kier alpha value is -0.730. The lowest BCUT2D eigenvalue weighted by molar-refractivity contribution is 0.325. The molecule has 0 atom stereocenters. The van der Waals surface area contributed by atoms with Crippen LogP contribution >= 0.6 is 11.6 Å². The summed E-state index contributed by atoms with van der Waals surface area (Å²) in [6.07, 6.45) is 0. The van der Waals surface area contributed by atoms with Gasteiger partial charge in [-0.2, -0.15) is 0 Å². The van der Waals surface area contributed by atoms with Gasteiger partial charge in [0.1, 0.15) is 6.73 Å². The summed E-state index contributed by atoms with van der Waals surface area (Å²) in [6.45, 7) is 1.88. The third kappa shape index (κ3) is 2.10. The maximum atomic E-state index is 8.58. The molecule has 1 aromatic carbocycles. The number of aryl methyl sites for hydroxylation is 1. The van der Waals surface area contributed by atoms with Gasteiger partial charge in [0.25, 0.3) is 0 Å². The molecule has 2 nitrogen and oxygen atoms in total. The second-order valence-electron chi connectivity index (χ2n) is 2.29. The predicted molar refractivity (Wildman–Crippen MR) is 46.9 cm³/mol. The van der Waals surface area contributed by atoms with Crippen LogP contribution in [0.15, 0.2) is 18.2 Å². The Kier molecular flexibility index (Phi) is 2.74. The van der Waals surface area contributed by atoms with Crippen LogP contribution in [0.5, 0.6) is 0 Å². The van der Waals surface area contributed by atoms with Gasteiger partial charge in [-0.3, -0.25) is 0 Å². The van der Waals surface area contributed by atoms with Crippen molar-refractivity contribution in [3.63, 3.8) is 0 Å². The first-order valence-electron chi connectivity index (χ1n) is 3.35. The zero-order valence-electron chi connectivity index (χ0n) is 6.26. The Balaban J connectivity index is 2.93. The fraction of sp³-hybridized carbons (Fsp3) is 0.250. The van der Waals surface area contributed by atoms with Crippen molar-refractivity contribution < 1.29 is 5.11 Å². The Bertz CT molecular complexity index is 250. The van der Waals surface area contributed by atoms with Crippen LogP contribution in [0.4, 0.5) is 5.69 Å². The Morgan fingerprint density at radius 2 is 2.27 bits per heavy atom. The number of rotatable bonds is 2. The van der Waals surface area contributed by atoms with E-state index >= 15 is 0 Å². The van der Waals surface area contributed by atoms with Crippen molar-refractivity contribution in [3.8, 4) is 0 Å². The highest BCUT2D eigenvalue weighted by Crippen LogP contribution is 2.19. The quantitative estimate of drug-likeness (QED) is 0.668. The topological polar surface area (TPSA) is 32.3 Å². The Morgan fingerprint density at radius 1 is 1.55 bits per heavy atom. The molecule has 0 radical (unpaired) electrons. The van der Waals surface area contributed by atoms with Crippen molar-refractivity contribution in [3.05, 3.63) is 28.8 Å². The maximum absolute atomic E-state index is 8.58. The van der Waals surface area contributed by atoms with E-state index in [9.17, 15) is 0 Å². The summed E-state index contributed by atoms with van der Waals surface area (Å²) in [4.78, 5) is 0. The summed E-state index contributed by atoms with van der Waals surface area (Å²) in [5, 5.41) is 12.0. The monoisotopic (exact) mass is 171 g/mol. The van der Waals surface area contributed by atoms with Crippen LogP contribution in [0.25, 0.3) is 0 Å². The number of nitrogens with one attached hydrogen (secondary N) is 1. The second-order valence-corrected chi connectivity index (χ2v) is 2.73. The fourth-order valence-electron chi connectivity index (χ4n) is 0.870. The Morgan fingerprint density at radius 3 is 2.91 bits per heavy atom. The Labute approximate surface area is 70.8 Å². The van der Waals surface area contributed by atoms with Gasteiger partial charge in [0.05, 0.1) is 0 Å². The molecule has 0 bridgehead atoms. The largest absolute Gasteiger partial charge is 0.377 e. The average Bonchev–Trinajstić information content (AvgIpc) is 1.98. The van der Waals surface area contributed by atoms with Gasteiger partial charge in [-0.15, -0.1) is 0 Å². The van der Waals surface area contributed by atoms with E-state index in [1.165, 1.54) is 0 Å². The van der Waals surface area contributed by atoms with Crippen LogP contribution in [-0.4, -0.2) is 11.8 Å². The van der Waals surface area contributed by atoms with Crippen molar-refractivity contribution in [1.29, 1.82) is 0 Å². The van der Waals surface area contributed by atoms with Gasteiger partial charge >= 0.3 is 0 Å². The van der Waals surface area contributed by atoms with Crippen molar-refractivity contribution in [2.45, 2.75) is 6.92 Å². The zero-order chi connectivity index (χ0) is 8.27. The van der Waals surface area contributed by atoms with Gasteiger partial charge in [0, 0.05) is 10.7 Å². The summed E-state index contributed by atoms with van der Waals surface area (Å²) in [5.74, 6) is 0. The van der Waals surface area contributed by atoms with E-state index in [-0.39, 0.29) is 6.73 Å². The molecular weight excluding hydrogens is 162 g/mol. The molecule has 0 saturated carbocycles. The van der Waals surface area contributed by atoms with E-state index in [4.69, 9.17) is 16.7 Å². The lowest BCUT2D eigenvalue weighted by atomic mass is 10.2. The van der Waals surface area contributed by atoms with E-state index in [0.29, 0.717) is 5.02 Å². The molecule has 0 unspecified atom stereocenters. The maximum Gasteiger partial charge on any atom is 0.113 e. The number of benzene rings is 1. The highest BCUT2D eigenvalue weighted by atomic mass is 35.5. The summed E-state index contributed by atoms with van der Waals surface area (Å²) in [5.41, 5.74) is 1.95. The molecule has 0 aliphatic heterocycles. The molecular formula is C8H10ClNO. The standard InChI is InChI=1S/C8H10ClNO/c1-6-2-3-7(9)4-8(6)10-5-11/h2-4,10-11H,5H2,1H3. The van der Waals surface area contributed by atoms with Gasteiger partial charge in [0.2, 0.25) is 0 Å². The van der Waals surface area contributed by atoms with E-state index in [0.717, 1.165) is 11.3 Å². The van der Waals surface area contributed by atoms with Gasteiger partial charge < -0.3 is 10.4 Å². The normalized spacial score (nSPS) is 9.73. The van der Waals surface area contributed by atoms with Crippen LogP contribution in [-0.2, 0) is 0 Å². The van der Waals surface area contributed by atoms with Crippen molar-refractivity contribution in [2.75, 3.05) is 12.0 Å². The minimum absolute atomic E-state index is 0.0683. The van der Waals surface area contributed by atoms with E-state index in [1.54, 1.807) is 6.07 Å². The van der Waals surface area contributed by atoms with Gasteiger partial charge in [-0.1, -0.05) is 17.7 Å². The van der Waals surface area contributed by atoms with Crippen molar-refractivity contribution in [1.82, 2.24) is 0 Å². The zero-order valence-corrected chi connectivity index (χ0v) is 7.02. The highest BCUT2D eigenvalue weighted by molar-refractivity contribution is 6.30. The fourth-order valence-corrected chi connectivity index (χ4v) is 1.04. The van der Waals surface area contributed by atoms with Crippen LogP contribution in [0.1, 0.15) is 5.56 Å². The molecule has 0 aliphatic rings. The van der Waals surface area contributed by atoms with E-state index in [1.807, 2.05) is 19.1 Å². The molecule has 0 amide bonds. The van der Waals surface area contributed by atoms with Gasteiger partial charge in [-0.25, -0.2) is 0 Å². The lowest BCUT2D eigenvalue weighted by Crippen LogP contribution is -2.00. The number of halogens is 1. The molecule has 0 spiro atoms. The number of aliphatic hydroxyl groups excluding tert-OH is 1. The number of hydrogen-bond donors (Lipinski definition) is 2. The molecule has 11 heavy (non-hydrogen) atoms. The van der Waals surface area contributed by atoms with Gasteiger partial charge in [0.15, 0.2) is 0 Å². The summed E-state index contributed by atoms with van der Waals surface area (Å²) in [7, 11) is 0. The minimum atomic E-state index is -0.0683. The van der Waals surface area contributed by atoms with E-state index in [2.05, 4.69) is 5.32 Å². The third-order valence-electron chi connectivity index (χ3n) is 1.47. The molecule has 0 aromatic heterocycles. The van der Waals surface area contributed by atoms with Crippen LogP contribution in [0.2, 0.25) is 5.02 Å². The first-order valence-corrected chi connectivity index (χ1v) is 3.72. The SMILES string of the molecule is Cc1ccc(Cl)cc1NCO. The predicted octanol–water partition coefficient (Wildman–Crippen LogP) is 2.01. The van der Waals surface area contributed by atoms with Crippen molar-refractivity contribution in [2.24, 2.45) is 0 Å². The number of hydrogen-bond acceptors (Lipinski definition) is 2. The minimum Gasteiger partial charge on any atom is -0.377 e. The molecule has 1 rings (SSSR count). The van der Waals surface area contributed by atoms with Crippen LogP contribution < -0.4 is 5.32 Å². The molecule has 0 fully saturated rings. The number of aliphatic hydroxyl groups is 1. The summed E-state index contributed by atoms with van der Waals surface area (Å²) in [6, 6.07) is 5.51. The smallest absolute Gasteiger partial charge is 0.113 e. The van der Waals surface area contributed by atoms with Crippen LogP contribution in [0.3, 0.4) is 0 Å². The van der Waals surface area contributed by atoms with Crippen LogP contribution in [0, 0.1) is 6.92 Å². The van der Waals surface area contributed by atoms with Gasteiger partial charge in [-0.05, 0) is 24.6 Å². The third-order valence-corrected chi connectivity index (χ3v) is 1.70. The molecule has 2 N–H and O–H groups in total. The van der Waals surface area contributed by atoms with E-state index < -0.39 is 0 Å². The number of anilines is 1. The summed E-state index contributed by atoms with van der Waals surface area (Å²) >= 11 is 5.73.